The van der Waals surface area contributed by atoms with E-state index in [0.29, 0.717) is 19.5 Å². The highest BCUT2D eigenvalue weighted by Gasteiger charge is 2.42. The van der Waals surface area contributed by atoms with Crippen LogP contribution in [0.4, 0.5) is 0 Å². The molecule has 1 fully saturated rings. The number of carbonyl (C=O) groups is 1. The summed E-state index contributed by atoms with van der Waals surface area (Å²) in [5.41, 5.74) is 2.28. The van der Waals surface area contributed by atoms with Crippen LogP contribution in [0.15, 0.2) is 54.6 Å². The van der Waals surface area contributed by atoms with Crippen LogP contribution in [0.3, 0.4) is 0 Å². The summed E-state index contributed by atoms with van der Waals surface area (Å²) in [5, 5.41) is 10.8. The Bertz CT molecular complexity index is 717. The summed E-state index contributed by atoms with van der Waals surface area (Å²) in [6.07, 6.45) is -0.542. The molecule has 5 nitrogen and oxygen atoms in total. The number of aliphatic hydroxyl groups excluding tert-OH is 1. The fraction of sp³-hybridized carbons (Fsp3) is 0.381. The van der Waals surface area contributed by atoms with Crippen LogP contribution in [0, 0.1) is 0 Å². The van der Waals surface area contributed by atoms with Gasteiger partial charge in [-0.25, -0.2) is 0 Å². The molecule has 2 aromatic carbocycles. The molecule has 1 saturated heterocycles. The van der Waals surface area contributed by atoms with Gasteiger partial charge in [0.15, 0.2) is 0 Å². The normalized spacial score (nSPS) is 23.0. The maximum Gasteiger partial charge on any atom is 0.303 e. The number of likely N-dealkylation sites (tertiary alicyclic amines) is 1. The molecule has 26 heavy (non-hydrogen) atoms. The van der Waals surface area contributed by atoms with Crippen molar-refractivity contribution in [2.75, 3.05) is 13.7 Å². The predicted molar refractivity (Wildman–Crippen MR) is 98.9 cm³/mol. The van der Waals surface area contributed by atoms with E-state index in [1.807, 2.05) is 42.5 Å². The zero-order valence-corrected chi connectivity index (χ0v) is 15.2. The largest absolute Gasteiger partial charge is 0.497 e. The molecule has 0 radical (unpaired) electrons. The molecule has 0 bridgehead atoms. The first-order valence-corrected chi connectivity index (χ1v) is 8.83. The number of carbonyl (C=O) groups excluding carboxylic acids is 1. The van der Waals surface area contributed by atoms with Gasteiger partial charge in [-0.05, 0) is 29.7 Å². The Kier molecular flexibility index (Phi) is 5.91. The summed E-state index contributed by atoms with van der Waals surface area (Å²) in [5.74, 6) is 0.443. The summed E-state index contributed by atoms with van der Waals surface area (Å²) in [7, 11) is 1.64. The highest BCUT2D eigenvalue weighted by atomic mass is 16.6. The van der Waals surface area contributed by atoms with Crippen molar-refractivity contribution < 1.29 is 19.4 Å². The maximum absolute atomic E-state index is 11.4. The first-order valence-electron chi connectivity index (χ1n) is 8.83. The lowest BCUT2D eigenvalue weighted by Crippen LogP contribution is -2.38. The van der Waals surface area contributed by atoms with Gasteiger partial charge < -0.3 is 14.6 Å². The summed E-state index contributed by atoms with van der Waals surface area (Å²) in [6, 6.07) is 17.9. The summed E-state index contributed by atoms with van der Waals surface area (Å²) >= 11 is 0. The van der Waals surface area contributed by atoms with Gasteiger partial charge in [0.1, 0.15) is 18.0 Å². The third kappa shape index (κ3) is 4.42. The number of rotatable bonds is 6. The highest BCUT2D eigenvalue weighted by molar-refractivity contribution is 5.66. The van der Waals surface area contributed by atoms with Crippen molar-refractivity contribution in [3.05, 3.63) is 65.7 Å². The first kappa shape index (κ1) is 18.4. The lowest BCUT2D eigenvalue weighted by atomic mass is 10.0. The number of methoxy groups -OCH3 is 1. The molecule has 3 rings (SSSR count). The van der Waals surface area contributed by atoms with Gasteiger partial charge in [0, 0.05) is 26.1 Å². The number of hydrogen-bond donors (Lipinski definition) is 1. The Hall–Kier alpha value is -2.37. The monoisotopic (exact) mass is 355 g/mol. The van der Waals surface area contributed by atoms with Crippen molar-refractivity contribution in [3.8, 4) is 5.75 Å². The van der Waals surface area contributed by atoms with Crippen LogP contribution in [-0.4, -0.2) is 47.9 Å². The van der Waals surface area contributed by atoms with E-state index >= 15 is 0 Å². The Morgan fingerprint density at radius 2 is 1.81 bits per heavy atom. The van der Waals surface area contributed by atoms with Crippen LogP contribution in [0.2, 0.25) is 0 Å². The highest BCUT2D eigenvalue weighted by Crippen LogP contribution is 2.27. The van der Waals surface area contributed by atoms with Gasteiger partial charge in [0.2, 0.25) is 0 Å². The van der Waals surface area contributed by atoms with E-state index in [9.17, 15) is 9.90 Å². The Morgan fingerprint density at radius 3 is 2.42 bits per heavy atom. The molecule has 3 atom stereocenters. The maximum atomic E-state index is 11.4. The quantitative estimate of drug-likeness (QED) is 0.807. The molecular weight excluding hydrogens is 330 g/mol. The van der Waals surface area contributed by atoms with Crippen LogP contribution < -0.4 is 4.74 Å². The average molecular weight is 355 g/mol. The molecule has 1 aliphatic rings. The summed E-state index contributed by atoms with van der Waals surface area (Å²) in [4.78, 5) is 13.6. The molecule has 138 valence electrons. The minimum absolute atomic E-state index is 0.118. The second-order valence-corrected chi connectivity index (χ2v) is 6.67. The fourth-order valence-corrected chi connectivity index (χ4v) is 3.51. The van der Waals surface area contributed by atoms with E-state index in [1.54, 1.807) is 7.11 Å². The molecule has 0 spiro atoms. The van der Waals surface area contributed by atoms with Crippen LogP contribution in [0.1, 0.15) is 18.1 Å². The molecular formula is C21H25NO4. The SMILES string of the molecule is COc1ccc(C[C@H]2[C@H](O)[C@@H](OC(C)=O)CN2Cc2ccccc2)cc1. The van der Waals surface area contributed by atoms with Crippen molar-refractivity contribution in [1.82, 2.24) is 4.90 Å². The third-order valence-corrected chi connectivity index (χ3v) is 4.81. The standard InChI is InChI=1S/C21H25NO4/c1-15(23)26-20-14-22(13-17-6-4-3-5-7-17)19(21(20)24)12-16-8-10-18(25-2)11-9-16/h3-11,19-21,24H,12-14H2,1-2H3/t19-,20-,21-/m0/s1. The number of ether oxygens (including phenoxy) is 2. The molecule has 1 heterocycles. The van der Waals surface area contributed by atoms with Crippen LogP contribution in [0.25, 0.3) is 0 Å². The van der Waals surface area contributed by atoms with Gasteiger partial charge in [-0.1, -0.05) is 42.5 Å². The van der Waals surface area contributed by atoms with Crippen molar-refractivity contribution >= 4 is 5.97 Å². The van der Waals surface area contributed by atoms with Gasteiger partial charge in [-0.3, -0.25) is 9.69 Å². The van der Waals surface area contributed by atoms with Crippen molar-refractivity contribution in [1.29, 1.82) is 0 Å². The van der Waals surface area contributed by atoms with Gasteiger partial charge in [0.25, 0.3) is 0 Å². The molecule has 0 amide bonds. The number of hydrogen-bond acceptors (Lipinski definition) is 5. The molecule has 5 heteroatoms. The van der Waals surface area contributed by atoms with Gasteiger partial charge in [-0.2, -0.15) is 0 Å². The van der Waals surface area contributed by atoms with Crippen molar-refractivity contribution in [2.24, 2.45) is 0 Å². The number of esters is 1. The van der Waals surface area contributed by atoms with Crippen molar-refractivity contribution in [2.45, 2.75) is 38.1 Å². The predicted octanol–water partition coefficient (Wildman–Crippen LogP) is 2.41. The zero-order chi connectivity index (χ0) is 18.5. The Balaban J connectivity index is 1.77. The second-order valence-electron chi connectivity index (χ2n) is 6.67. The fourth-order valence-electron chi connectivity index (χ4n) is 3.51. The smallest absolute Gasteiger partial charge is 0.303 e. The average Bonchev–Trinajstić information content (AvgIpc) is 2.91. The lowest BCUT2D eigenvalue weighted by molar-refractivity contribution is -0.149. The number of aliphatic hydroxyl groups is 1. The Labute approximate surface area is 154 Å². The van der Waals surface area contributed by atoms with Crippen molar-refractivity contribution in [3.63, 3.8) is 0 Å². The van der Waals surface area contributed by atoms with E-state index in [0.717, 1.165) is 11.3 Å². The minimum Gasteiger partial charge on any atom is -0.497 e. The van der Waals surface area contributed by atoms with E-state index < -0.39 is 12.2 Å². The second kappa shape index (κ2) is 8.34. The van der Waals surface area contributed by atoms with E-state index in [-0.39, 0.29) is 12.0 Å². The zero-order valence-electron chi connectivity index (χ0n) is 15.2. The van der Waals surface area contributed by atoms with E-state index in [2.05, 4.69) is 17.0 Å². The van der Waals surface area contributed by atoms with Crippen LogP contribution in [0.5, 0.6) is 5.75 Å². The van der Waals surface area contributed by atoms with E-state index in [1.165, 1.54) is 12.5 Å². The molecule has 0 unspecified atom stereocenters. The first-order chi connectivity index (χ1) is 12.6. The summed E-state index contributed by atoms with van der Waals surface area (Å²) in [6.45, 7) is 2.61. The number of nitrogens with zero attached hydrogens (tertiary/aromatic N) is 1. The molecule has 0 saturated carbocycles. The molecule has 0 aromatic heterocycles. The summed E-state index contributed by atoms with van der Waals surface area (Å²) < 4.78 is 10.5. The van der Waals surface area contributed by atoms with Crippen LogP contribution >= 0.6 is 0 Å². The lowest BCUT2D eigenvalue weighted by Gasteiger charge is -2.26. The topological polar surface area (TPSA) is 59.0 Å². The van der Waals surface area contributed by atoms with Gasteiger partial charge in [0.05, 0.1) is 7.11 Å². The Morgan fingerprint density at radius 1 is 1.12 bits per heavy atom. The third-order valence-electron chi connectivity index (χ3n) is 4.81. The molecule has 0 aliphatic carbocycles. The minimum atomic E-state index is -0.718. The molecule has 1 aliphatic heterocycles. The van der Waals surface area contributed by atoms with Crippen LogP contribution in [-0.2, 0) is 22.5 Å². The van der Waals surface area contributed by atoms with Gasteiger partial charge >= 0.3 is 5.97 Å². The molecule has 2 aromatic rings. The number of benzene rings is 2. The molecule has 1 N–H and O–H groups in total. The van der Waals surface area contributed by atoms with Gasteiger partial charge in [-0.15, -0.1) is 0 Å². The van der Waals surface area contributed by atoms with E-state index in [4.69, 9.17) is 9.47 Å².